The lowest BCUT2D eigenvalue weighted by molar-refractivity contribution is -0.133. The van der Waals surface area contributed by atoms with Crippen LogP contribution in [0.4, 0.5) is 0 Å². The molecule has 1 saturated carbocycles. The fraction of sp³-hybridized carbons (Fsp3) is 0.625. The summed E-state index contributed by atoms with van der Waals surface area (Å²) >= 11 is 0. The van der Waals surface area contributed by atoms with Crippen LogP contribution in [0.25, 0.3) is 0 Å². The van der Waals surface area contributed by atoms with Gasteiger partial charge in [0.05, 0.1) is 25.9 Å². The van der Waals surface area contributed by atoms with Crippen molar-refractivity contribution >= 4 is 0 Å². The normalized spacial score (nSPS) is 26.7. The minimum absolute atomic E-state index is 0.0405. The summed E-state index contributed by atoms with van der Waals surface area (Å²) in [5.41, 5.74) is 1.23. The van der Waals surface area contributed by atoms with Gasteiger partial charge in [-0.05, 0) is 29.2 Å². The third-order valence-electron chi connectivity index (χ3n) is 4.63. The number of hydrogen-bond donors (Lipinski definition) is 2. The summed E-state index contributed by atoms with van der Waals surface area (Å²) in [7, 11) is 0. The lowest BCUT2D eigenvalue weighted by Gasteiger charge is -2.53. The number of hydrogen-bond acceptors (Lipinski definition) is 3. The van der Waals surface area contributed by atoms with Crippen LogP contribution in [-0.4, -0.2) is 29.5 Å². The van der Waals surface area contributed by atoms with Crippen LogP contribution >= 0.6 is 0 Å². The molecule has 1 aliphatic carbocycles. The third-order valence-corrected chi connectivity index (χ3v) is 4.63. The van der Waals surface area contributed by atoms with E-state index < -0.39 is 6.10 Å². The van der Waals surface area contributed by atoms with Gasteiger partial charge in [0, 0.05) is 0 Å². The van der Waals surface area contributed by atoms with Gasteiger partial charge < -0.3 is 14.9 Å². The maximum Gasteiger partial charge on any atom is 0.0804 e. The molecule has 3 atom stereocenters. The average Bonchev–Trinajstić information content (AvgIpc) is 2.42. The van der Waals surface area contributed by atoms with Gasteiger partial charge in [-0.25, -0.2) is 0 Å². The molecule has 0 aliphatic heterocycles. The Balaban J connectivity index is 1.76. The minimum atomic E-state index is -0.597. The maximum atomic E-state index is 9.74. The van der Waals surface area contributed by atoms with Crippen LogP contribution in [0.3, 0.4) is 0 Å². The molecule has 2 rings (SSSR count). The van der Waals surface area contributed by atoms with Crippen molar-refractivity contribution in [1.29, 1.82) is 0 Å². The van der Waals surface area contributed by atoms with Gasteiger partial charge in [0.25, 0.3) is 0 Å². The molecule has 3 nitrogen and oxygen atoms in total. The molecule has 19 heavy (non-hydrogen) atoms. The average molecular weight is 264 g/mol. The predicted molar refractivity (Wildman–Crippen MR) is 74.6 cm³/mol. The molecule has 0 amide bonds. The zero-order valence-electron chi connectivity index (χ0n) is 11.7. The van der Waals surface area contributed by atoms with Crippen LogP contribution in [-0.2, 0) is 11.3 Å². The highest BCUT2D eigenvalue weighted by atomic mass is 16.5. The van der Waals surface area contributed by atoms with Gasteiger partial charge in [0.1, 0.15) is 0 Å². The van der Waals surface area contributed by atoms with Crippen LogP contribution in [0.2, 0.25) is 0 Å². The van der Waals surface area contributed by atoms with E-state index in [0.717, 1.165) is 13.0 Å². The summed E-state index contributed by atoms with van der Waals surface area (Å²) in [5, 5.41) is 18.8. The molecule has 1 aromatic rings. The monoisotopic (exact) mass is 264 g/mol. The van der Waals surface area contributed by atoms with E-state index in [1.54, 1.807) is 0 Å². The zero-order chi connectivity index (χ0) is 13.9. The number of aliphatic hydroxyl groups is 2. The standard InChI is InChI=1S/C16H24O3/c1-16(2)13(8-14(16)15(18)9-17)11-19-10-12-6-4-3-5-7-12/h3-7,13-15,17-18H,8-11H2,1-2H3/t13-,14-,15?/m0/s1. The minimum Gasteiger partial charge on any atom is -0.394 e. The van der Waals surface area contributed by atoms with Crippen molar-refractivity contribution in [1.82, 2.24) is 0 Å². The Labute approximate surface area is 115 Å². The Kier molecular flexibility index (Phi) is 4.61. The molecule has 0 radical (unpaired) electrons. The Morgan fingerprint density at radius 1 is 1.32 bits per heavy atom. The molecular formula is C16H24O3. The number of rotatable bonds is 6. The highest BCUT2D eigenvalue weighted by molar-refractivity contribution is 5.13. The lowest BCUT2D eigenvalue weighted by Crippen LogP contribution is -2.53. The number of ether oxygens (including phenoxy) is 1. The molecular weight excluding hydrogens is 240 g/mol. The summed E-state index contributed by atoms with van der Waals surface area (Å²) in [6.45, 7) is 5.51. The smallest absolute Gasteiger partial charge is 0.0804 e. The fourth-order valence-electron chi connectivity index (χ4n) is 3.01. The topological polar surface area (TPSA) is 49.7 Å². The highest BCUT2D eigenvalue weighted by Crippen LogP contribution is 2.52. The molecule has 1 fully saturated rings. The fourth-order valence-corrected chi connectivity index (χ4v) is 3.01. The molecule has 0 saturated heterocycles. The SMILES string of the molecule is CC1(C)[C@H](COCc2ccccc2)C[C@H]1C(O)CO. The van der Waals surface area contributed by atoms with Gasteiger partial charge in [0.15, 0.2) is 0 Å². The first-order valence-electron chi connectivity index (χ1n) is 6.96. The van der Waals surface area contributed by atoms with E-state index >= 15 is 0 Å². The summed E-state index contributed by atoms with van der Waals surface area (Å²) in [6, 6.07) is 10.1. The van der Waals surface area contributed by atoms with Crippen LogP contribution in [0.15, 0.2) is 30.3 Å². The van der Waals surface area contributed by atoms with Crippen LogP contribution < -0.4 is 0 Å². The van der Waals surface area contributed by atoms with Crippen molar-refractivity contribution < 1.29 is 14.9 Å². The molecule has 0 spiro atoms. The number of benzene rings is 1. The number of aliphatic hydroxyl groups excluding tert-OH is 2. The molecule has 106 valence electrons. The van der Waals surface area contributed by atoms with E-state index in [1.165, 1.54) is 5.56 Å². The van der Waals surface area contributed by atoms with Crippen molar-refractivity contribution in [3.63, 3.8) is 0 Å². The van der Waals surface area contributed by atoms with E-state index in [0.29, 0.717) is 12.5 Å². The van der Waals surface area contributed by atoms with E-state index in [9.17, 15) is 5.11 Å². The second-order valence-corrected chi connectivity index (χ2v) is 6.11. The second kappa shape index (κ2) is 6.04. The van der Waals surface area contributed by atoms with Gasteiger partial charge in [-0.15, -0.1) is 0 Å². The van der Waals surface area contributed by atoms with E-state index in [2.05, 4.69) is 26.0 Å². The first kappa shape index (κ1) is 14.5. The molecule has 0 aromatic heterocycles. The molecule has 1 aliphatic rings. The van der Waals surface area contributed by atoms with Crippen LogP contribution in [0.1, 0.15) is 25.8 Å². The van der Waals surface area contributed by atoms with Crippen LogP contribution in [0, 0.1) is 17.3 Å². The molecule has 0 bridgehead atoms. The van der Waals surface area contributed by atoms with Crippen molar-refractivity contribution in [2.24, 2.45) is 17.3 Å². The second-order valence-electron chi connectivity index (χ2n) is 6.11. The summed E-state index contributed by atoms with van der Waals surface area (Å²) in [6.07, 6.45) is 0.337. The Hall–Kier alpha value is -0.900. The first-order valence-corrected chi connectivity index (χ1v) is 6.96. The van der Waals surface area contributed by atoms with Crippen molar-refractivity contribution in [3.05, 3.63) is 35.9 Å². The van der Waals surface area contributed by atoms with Crippen LogP contribution in [0.5, 0.6) is 0 Å². The van der Waals surface area contributed by atoms with E-state index in [1.807, 2.05) is 18.2 Å². The quantitative estimate of drug-likeness (QED) is 0.828. The Morgan fingerprint density at radius 2 is 2.00 bits per heavy atom. The summed E-state index contributed by atoms with van der Waals surface area (Å²) in [5.74, 6) is 0.644. The molecule has 0 heterocycles. The van der Waals surface area contributed by atoms with Crippen molar-refractivity contribution in [2.45, 2.75) is 33.0 Å². The summed E-state index contributed by atoms with van der Waals surface area (Å²) in [4.78, 5) is 0. The predicted octanol–water partition coefficient (Wildman–Crippen LogP) is 2.22. The zero-order valence-corrected chi connectivity index (χ0v) is 11.7. The first-order chi connectivity index (χ1) is 9.05. The van der Waals surface area contributed by atoms with E-state index in [-0.39, 0.29) is 17.9 Å². The van der Waals surface area contributed by atoms with Gasteiger partial charge in [-0.2, -0.15) is 0 Å². The Morgan fingerprint density at radius 3 is 2.58 bits per heavy atom. The Bertz CT molecular complexity index is 388. The van der Waals surface area contributed by atoms with Crippen molar-refractivity contribution in [2.75, 3.05) is 13.2 Å². The highest BCUT2D eigenvalue weighted by Gasteiger charge is 2.50. The van der Waals surface area contributed by atoms with Crippen molar-refractivity contribution in [3.8, 4) is 0 Å². The summed E-state index contributed by atoms with van der Waals surface area (Å²) < 4.78 is 5.78. The largest absolute Gasteiger partial charge is 0.394 e. The molecule has 2 N–H and O–H groups in total. The van der Waals surface area contributed by atoms with Gasteiger partial charge in [-0.1, -0.05) is 44.2 Å². The maximum absolute atomic E-state index is 9.74. The molecule has 3 heteroatoms. The lowest BCUT2D eigenvalue weighted by atomic mass is 9.53. The van der Waals surface area contributed by atoms with E-state index in [4.69, 9.17) is 9.84 Å². The third kappa shape index (κ3) is 3.16. The molecule has 1 aromatic carbocycles. The van der Waals surface area contributed by atoms with Gasteiger partial charge in [-0.3, -0.25) is 0 Å². The van der Waals surface area contributed by atoms with Gasteiger partial charge in [0.2, 0.25) is 0 Å². The van der Waals surface area contributed by atoms with Gasteiger partial charge >= 0.3 is 0 Å². The molecule has 1 unspecified atom stereocenters.